The van der Waals surface area contributed by atoms with E-state index in [1.54, 1.807) is 0 Å². The number of pyridine rings is 1. The molecule has 1 aliphatic heterocycles. The molecule has 17 heavy (non-hydrogen) atoms. The molecule has 0 bridgehead atoms. The fraction of sp³-hybridized carbons (Fsp3) is 0.462. The van der Waals surface area contributed by atoms with Crippen LogP contribution in [0, 0.1) is 5.92 Å². The van der Waals surface area contributed by atoms with Crippen LogP contribution in [0.25, 0.3) is 5.65 Å². The van der Waals surface area contributed by atoms with E-state index >= 15 is 0 Å². The first-order valence-corrected chi connectivity index (χ1v) is 6.65. The Balaban J connectivity index is 1.87. The van der Waals surface area contributed by atoms with Crippen molar-refractivity contribution in [3.63, 3.8) is 0 Å². The Morgan fingerprint density at radius 3 is 2.88 bits per heavy atom. The maximum atomic E-state index is 5.92. The van der Waals surface area contributed by atoms with Crippen molar-refractivity contribution in [2.24, 2.45) is 5.92 Å². The van der Waals surface area contributed by atoms with Crippen LogP contribution in [0.2, 0.25) is 0 Å². The predicted octanol–water partition coefficient (Wildman–Crippen LogP) is 2.79. The first-order valence-electron chi connectivity index (χ1n) is 6.11. The minimum absolute atomic E-state index is 0.690. The van der Waals surface area contributed by atoms with Gasteiger partial charge in [-0.2, -0.15) is 0 Å². The molecule has 1 saturated heterocycles. The number of alkyl halides is 1. The van der Waals surface area contributed by atoms with E-state index in [-0.39, 0.29) is 0 Å². The Kier molecular flexibility index (Phi) is 2.93. The van der Waals surface area contributed by atoms with Gasteiger partial charge in [-0.05, 0) is 30.9 Å². The van der Waals surface area contributed by atoms with Crippen molar-refractivity contribution in [3.05, 3.63) is 30.6 Å². The number of piperidine rings is 1. The number of anilines is 1. The van der Waals surface area contributed by atoms with E-state index in [0.29, 0.717) is 5.92 Å². The average Bonchev–Trinajstić information content (AvgIpc) is 2.87. The third-order valence-corrected chi connectivity index (χ3v) is 4.00. The summed E-state index contributed by atoms with van der Waals surface area (Å²) in [5, 5.41) is 0. The summed E-state index contributed by atoms with van der Waals surface area (Å²) in [6, 6.07) is 6.27. The molecule has 3 heterocycles. The number of nitrogens with zero attached hydrogens (tertiary/aromatic N) is 3. The SMILES string of the molecule is ClCC1CCN(c2cccc3nccn23)CC1. The second kappa shape index (κ2) is 4.57. The number of halogens is 1. The average molecular weight is 250 g/mol. The molecule has 3 nitrogen and oxygen atoms in total. The van der Waals surface area contributed by atoms with Crippen LogP contribution in [-0.4, -0.2) is 28.4 Å². The maximum Gasteiger partial charge on any atom is 0.138 e. The van der Waals surface area contributed by atoms with Crippen LogP contribution < -0.4 is 4.90 Å². The van der Waals surface area contributed by atoms with Crippen molar-refractivity contribution in [2.45, 2.75) is 12.8 Å². The molecule has 0 saturated carbocycles. The van der Waals surface area contributed by atoms with Crippen LogP contribution in [0.1, 0.15) is 12.8 Å². The lowest BCUT2D eigenvalue weighted by Crippen LogP contribution is -2.35. The van der Waals surface area contributed by atoms with Crippen molar-refractivity contribution < 1.29 is 0 Å². The molecule has 2 aromatic rings. The van der Waals surface area contributed by atoms with Crippen molar-refractivity contribution in [1.29, 1.82) is 0 Å². The lowest BCUT2D eigenvalue weighted by Gasteiger charge is -2.33. The van der Waals surface area contributed by atoms with Crippen LogP contribution in [0.15, 0.2) is 30.6 Å². The first-order chi connectivity index (χ1) is 8.38. The zero-order chi connectivity index (χ0) is 11.7. The number of fused-ring (bicyclic) bond motifs is 1. The summed E-state index contributed by atoms with van der Waals surface area (Å²) in [5.74, 6) is 2.73. The Hall–Kier alpha value is -1.22. The van der Waals surface area contributed by atoms with E-state index < -0.39 is 0 Å². The molecule has 1 fully saturated rings. The van der Waals surface area contributed by atoms with E-state index in [4.69, 9.17) is 11.6 Å². The minimum Gasteiger partial charge on any atom is -0.358 e. The molecule has 2 aromatic heterocycles. The summed E-state index contributed by atoms with van der Waals surface area (Å²) in [6.45, 7) is 2.18. The molecule has 90 valence electrons. The maximum absolute atomic E-state index is 5.92. The Morgan fingerprint density at radius 1 is 1.29 bits per heavy atom. The fourth-order valence-corrected chi connectivity index (χ4v) is 2.82. The fourth-order valence-electron chi connectivity index (χ4n) is 2.51. The van der Waals surface area contributed by atoms with Crippen LogP contribution in [0.5, 0.6) is 0 Å². The molecule has 0 radical (unpaired) electrons. The first kappa shape index (κ1) is 10.9. The van der Waals surface area contributed by atoms with E-state index in [2.05, 4.69) is 26.4 Å². The number of hydrogen-bond donors (Lipinski definition) is 0. The highest BCUT2D eigenvalue weighted by Crippen LogP contribution is 2.24. The lowest BCUT2D eigenvalue weighted by molar-refractivity contribution is 0.440. The van der Waals surface area contributed by atoms with Gasteiger partial charge in [0.15, 0.2) is 0 Å². The highest BCUT2D eigenvalue weighted by atomic mass is 35.5. The van der Waals surface area contributed by atoms with Gasteiger partial charge in [-0.3, -0.25) is 4.40 Å². The summed E-state index contributed by atoms with van der Waals surface area (Å²) in [4.78, 5) is 6.75. The number of hydrogen-bond acceptors (Lipinski definition) is 2. The van der Waals surface area contributed by atoms with Crippen LogP contribution in [0.4, 0.5) is 5.82 Å². The zero-order valence-corrected chi connectivity index (χ0v) is 10.5. The smallest absolute Gasteiger partial charge is 0.138 e. The Morgan fingerprint density at radius 2 is 2.12 bits per heavy atom. The highest BCUT2D eigenvalue weighted by molar-refractivity contribution is 6.18. The number of imidazole rings is 1. The topological polar surface area (TPSA) is 20.5 Å². The van der Waals surface area contributed by atoms with Gasteiger partial charge in [0, 0.05) is 31.4 Å². The summed E-state index contributed by atoms with van der Waals surface area (Å²) in [5.41, 5.74) is 1.02. The zero-order valence-electron chi connectivity index (χ0n) is 9.72. The highest BCUT2D eigenvalue weighted by Gasteiger charge is 2.19. The normalized spacial score (nSPS) is 17.8. The van der Waals surface area contributed by atoms with Gasteiger partial charge in [0.05, 0.1) is 0 Å². The predicted molar refractivity (Wildman–Crippen MR) is 70.8 cm³/mol. The van der Waals surface area contributed by atoms with Gasteiger partial charge in [0.25, 0.3) is 0 Å². The summed E-state index contributed by atoms with van der Waals surface area (Å²) in [7, 11) is 0. The number of rotatable bonds is 2. The molecule has 3 rings (SSSR count). The molecule has 0 atom stereocenters. The van der Waals surface area contributed by atoms with Gasteiger partial charge >= 0.3 is 0 Å². The van der Waals surface area contributed by atoms with Gasteiger partial charge < -0.3 is 4.90 Å². The third kappa shape index (κ3) is 2.00. The monoisotopic (exact) mass is 249 g/mol. The second-order valence-corrected chi connectivity index (χ2v) is 4.93. The molecule has 0 unspecified atom stereocenters. The van der Waals surface area contributed by atoms with E-state index in [1.165, 1.54) is 18.7 Å². The second-order valence-electron chi connectivity index (χ2n) is 4.62. The van der Waals surface area contributed by atoms with E-state index in [9.17, 15) is 0 Å². The van der Waals surface area contributed by atoms with Crippen molar-refractivity contribution in [1.82, 2.24) is 9.38 Å². The van der Waals surface area contributed by atoms with Crippen LogP contribution in [-0.2, 0) is 0 Å². The molecular formula is C13H16ClN3. The molecule has 0 aliphatic carbocycles. The summed E-state index contributed by atoms with van der Waals surface area (Å²) in [6.07, 6.45) is 6.26. The summed E-state index contributed by atoms with van der Waals surface area (Å²) >= 11 is 5.92. The molecule has 0 amide bonds. The molecule has 1 aliphatic rings. The van der Waals surface area contributed by atoms with Gasteiger partial charge in [-0.15, -0.1) is 11.6 Å². The van der Waals surface area contributed by atoms with Gasteiger partial charge in [-0.1, -0.05) is 6.07 Å². The molecule has 0 aromatic carbocycles. The van der Waals surface area contributed by atoms with Crippen LogP contribution in [0.3, 0.4) is 0 Å². The number of aromatic nitrogens is 2. The molecular weight excluding hydrogens is 234 g/mol. The minimum atomic E-state index is 0.690. The lowest BCUT2D eigenvalue weighted by atomic mass is 9.99. The van der Waals surface area contributed by atoms with Gasteiger partial charge in [-0.25, -0.2) is 4.98 Å². The third-order valence-electron chi connectivity index (χ3n) is 3.56. The van der Waals surface area contributed by atoms with E-state index in [1.807, 2.05) is 18.5 Å². The van der Waals surface area contributed by atoms with Crippen molar-refractivity contribution in [3.8, 4) is 0 Å². The van der Waals surface area contributed by atoms with Crippen molar-refractivity contribution in [2.75, 3.05) is 23.9 Å². The molecule has 4 heteroatoms. The van der Waals surface area contributed by atoms with Crippen molar-refractivity contribution >= 4 is 23.1 Å². The van der Waals surface area contributed by atoms with Gasteiger partial charge in [0.1, 0.15) is 11.5 Å². The summed E-state index contributed by atoms with van der Waals surface area (Å²) < 4.78 is 2.15. The Labute approximate surface area is 106 Å². The van der Waals surface area contributed by atoms with Crippen LogP contribution >= 0.6 is 11.6 Å². The molecule has 0 spiro atoms. The molecule has 0 N–H and O–H groups in total. The quantitative estimate of drug-likeness (QED) is 0.763. The van der Waals surface area contributed by atoms with Gasteiger partial charge in [0.2, 0.25) is 0 Å². The largest absolute Gasteiger partial charge is 0.358 e. The van der Waals surface area contributed by atoms with E-state index in [0.717, 1.165) is 24.6 Å². The standard InChI is InChI=1S/C13H16ClN3/c14-10-11-4-7-16(8-5-11)13-3-1-2-12-15-6-9-17(12)13/h1-3,6,9,11H,4-5,7-8,10H2. The Bertz CT molecular complexity index is 500.